The second kappa shape index (κ2) is 8.25. The fourth-order valence-corrected chi connectivity index (χ4v) is 2.08. The number of benzene rings is 1. The summed E-state index contributed by atoms with van der Waals surface area (Å²) >= 11 is 5.72. The van der Waals surface area contributed by atoms with Crippen molar-refractivity contribution in [3.63, 3.8) is 0 Å². The molecular formula is C15H22ClNO3. The lowest BCUT2D eigenvalue weighted by Crippen LogP contribution is -2.36. The Labute approximate surface area is 125 Å². The maximum Gasteiger partial charge on any atom is 0.243 e. The number of halogens is 1. The Morgan fingerprint density at radius 1 is 1.40 bits per heavy atom. The highest BCUT2D eigenvalue weighted by Crippen LogP contribution is 2.26. The molecule has 112 valence electrons. The molecule has 0 aliphatic carbocycles. The third kappa shape index (κ3) is 4.47. The van der Waals surface area contributed by atoms with Crippen LogP contribution in [0.2, 0.25) is 0 Å². The number of hydrogen-bond acceptors (Lipinski definition) is 3. The van der Waals surface area contributed by atoms with E-state index >= 15 is 0 Å². The number of carbonyl (C=O) groups is 1. The Bertz CT molecular complexity index is 449. The van der Waals surface area contributed by atoms with Crippen molar-refractivity contribution in [1.29, 1.82) is 0 Å². The van der Waals surface area contributed by atoms with Crippen molar-refractivity contribution in [2.24, 2.45) is 0 Å². The van der Waals surface area contributed by atoms with Gasteiger partial charge < -0.3 is 9.47 Å². The lowest BCUT2D eigenvalue weighted by atomic mass is 10.1. The van der Waals surface area contributed by atoms with E-state index in [2.05, 4.69) is 0 Å². The van der Waals surface area contributed by atoms with Gasteiger partial charge in [-0.2, -0.15) is 0 Å². The Morgan fingerprint density at radius 3 is 2.65 bits per heavy atom. The molecule has 4 nitrogen and oxygen atoms in total. The third-order valence-corrected chi connectivity index (χ3v) is 3.07. The Morgan fingerprint density at radius 2 is 2.10 bits per heavy atom. The van der Waals surface area contributed by atoms with Gasteiger partial charge in [-0.3, -0.25) is 9.69 Å². The SMILES string of the molecule is COCc1cccc(C)c1N(COC(C)C)C(=O)CCl. The molecule has 0 saturated carbocycles. The molecular weight excluding hydrogens is 278 g/mol. The molecule has 0 unspecified atom stereocenters. The maximum atomic E-state index is 12.1. The first kappa shape index (κ1) is 17.0. The van der Waals surface area contributed by atoms with E-state index in [9.17, 15) is 4.79 Å². The first-order valence-corrected chi connectivity index (χ1v) is 7.10. The van der Waals surface area contributed by atoms with Crippen molar-refractivity contribution >= 4 is 23.2 Å². The Kier molecular flexibility index (Phi) is 6.99. The van der Waals surface area contributed by atoms with Gasteiger partial charge in [0.2, 0.25) is 5.91 Å². The van der Waals surface area contributed by atoms with Gasteiger partial charge in [0.1, 0.15) is 12.6 Å². The van der Waals surface area contributed by atoms with Gasteiger partial charge in [-0.05, 0) is 26.3 Å². The molecule has 0 aliphatic rings. The van der Waals surface area contributed by atoms with Crippen LogP contribution in [0.5, 0.6) is 0 Å². The largest absolute Gasteiger partial charge is 0.380 e. The molecule has 0 aromatic heterocycles. The summed E-state index contributed by atoms with van der Waals surface area (Å²) in [5.41, 5.74) is 2.75. The van der Waals surface area contributed by atoms with Crippen molar-refractivity contribution in [3.8, 4) is 0 Å². The van der Waals surface area contributed by atoms with Crippen molar-refractivity contribution in [3.05, 3.63) is 29.3 Å². The lowest BCUT2D eigenvalue weighted by molar-refractivity contribution is -0.117. The van der Waals surface area contributed by atoms with E-state index < -0.39 is 0 Å². The van der Waals surface area contributed by atoms with Crippen LogP contribution in [0.4, 0.5) is 5.69 Å². The van der Waals surface area contributed by atoms with E-state index in [0.717, 1.165) is 16.8 Å². The highest BCUT2D eigenvalue weighted by atomic mass is 35.5. The summed E-state index contributed by atoms with van der Waals surface area (Å²) in [5, 5.41) is 0. The van der Waals surface area contributed by atoms with Crippen LogP contribution in [0.3, 0.4) is 0 Å². The van der Waals surface area contributed by atoms with Gasteiger partial charge in [-0.25, -0.2) is 0 Å². The zero-order valence-corrected chi connectivity index (χ0v) is 13.2. The molecule has 0 aliphatic heterocycles. The van der Waals surface area contributed by atoms with Gasteiger partial charge in [-0.1, -0.05) is 18.2 Å². The van der Waals surface area contributed by atoms with Crippen molar-refractivity contribution in [2.45, 2.75) is 33.5 Å². The zero-order valence-electron chi connectivity index (χ0n) is 12.5. The van der Waals surface area contributed by atoms with Crippen molar-refractivity contribution in [2.75, 3.05) is 24.6 Å². The second-order valence-electron chi connectivity index (χ2n) is 4.82. The molecule has 1 amide bonds. The molecule has 0 bridgehead atoms. The average Bonchev–Trinajstić information content (AvgIpc) is 2.41. The highest BCUT2D eigenvalue weighted by molar-refractivity contribution is 6.29. The van der Waals surface area contributed by atoms with Crippen LogP contribution in [0.1, 0.15) is 25.0 Å². The number of hydrogen-bond donors (Lipinski definition) is 0. The molecule has 1 rings (SSSR count). The van der Waals surface area contributed by atoms with Crippen LogP contribution in [0, 0.1) is 6.92 Å². The lowest BCUT2D eigenvalue weighted by Gasteiger charge is -2.27. The fraction of sp³-hybridized carbons (Fsp3) is 0.533. The minimum atomic E-state index is -0.182. The number of aryl methyl sites for hydroxylation is 1. The minimum absolute atomic E-state index is 0.0375. The molecule has 0 fully saturated rings. The molecule has 0 atom stereocenters. The quantitative estimate of drug-likeness (QED) is 0.574. The number of anilines is 1. The summed E-state index contributed by atoms with van der Waals surface area (Å²) in [5.74, 6) is -0.263. The topological polar surface area (TPSA) is 38.8 Å². The van der Waals surface area contributed by atoms with Crippen LogP contribution >= 0.6 is 11.6 Å². The van der Waals surface area contributed by atoms with Gasteiger partial charge in [-0.15, -0.1) is 11.6 Å². The Hall–Kier alpha value is -1.10. The fourth-order valence-electron chi connectivity index (χ4n) is 1.93. The van der Waals surface area contributed by atoms with Crippen LogP contribution in [-0.2, 0) is 20.9 Å². The monoisotopic (exact) mass is 299 g/mol. The summed E-state index contributed by atoms with van der Waals surface area (Å²) in [7, 11) is 1.63. The number of nitrogens with zero attached hydrogens (tertiary/aromatic N) is 1. The number of methoxy groups -OCH3 is 1. The molecule has 0 heterocycles. The van der Waals surface area contributed by atoms with E-state index in [1.807, 2.05) is 39.0 Å². The Balaban J connectivity index is 3.14. The minimum Gasteiger partial charge on any atom is -0.380 e. The number of ether oxygens (including phenoxy) is 2. The highest BCUT2D eigenvalue weighted by Gasteiger charge is 2.20. The summed E-state index contributed by atoms with van der Waals surface area (Å²) in [4.78, 5) is 13.7. The van der Waals surface area contributed by atoms with Crippen LogP contribution < -0.4 is 4.90 Å². The standard InChI is InChI=1S/C15H22ClNO3/c1-11(2)20-10-17(14(18)8-16)15-12(3)6-5-7-13(15)9-19-4/h5-7,11H,8-10H2,1-4H3. The second-order valence-corrected chi connectivity index (χ2v) is 5.08. The molecule has 0 spiro atoms. The number of carbonyl (C=O) groups excluding carboxylic acids is 1. The first-order valence-electron chi connectivity index (χ1n) is 6.56. The number of alkyl halides is 1. The maximum absolute atomic E-state index is 12.1. The van der Waals surface area contributed by atoms with Gasteiger partial charge in [0.05, 0.1) is 18.4 Å². The van der Waals surface area contributed by atoms with Crippen LogP contribution in [0.25, 0.3) is 0 Å². The van der Waals surface area contributed by atoms with Gasteiger partial charge in [0.25, 0.3) is 0 Å². The third-order valence-electron chi connectivity index (χ3n) is 2.84. The molecule has 0 saturated heterocycles. The van der Waals surface area contributed by atoms with Crippen molar-refractivity contribution in [1.82, 2.24) is 0 Å². The molecule has 1 aromatic rings. The summed E-state index contributed by atoms with van der Waals surface area (Å²) < 4.78 is 10.8. The predicted octanol–water partition coefficient (Wildman–Crippen LogP) is 3.10. The summed E-state index contributed by atoms with van der Waals surface area (Å²) in [6.45, 7) is 6.43. The van der Waals surface area contributed by atoms with Gasteiger partial charge >= 0.3 is 0 Å². The van der Waals surface area contributed by atoms with Crippen LogP contribution in [0.15, 0.2) is 18.2 Å². The smallest absolute Gasteiger partial charge is 0.243 e. The summed E-state index contributed by atoms with van der Waals surface area (Å²) in [6, 6.07) is 5.84. The molecule has 1 aromatic carbocycles. The van der Waals surface area contributed by atoms with E-state index in [4.69, 9.17) is 21.1 Å². The van der Waals surface area contributed by atoms with E-state index in [1.54, 1.807) is 12.0 Å². The van der Waals surface area contributed by atoms with Gasteiger partial charge in [0, 0.05) is 12.7 Å². The van der Waals surface area contributed by atoms with E-state index in [-0.39, 0.29) is 24.6 Å². The van der Waals surface area contributed by atoms with Crippen molar-refractivity contribution < 1.29 is 14.3 Å². The number of amides is 1. The zero-order chi connectivity index (χ0) is 15.1. The van der Waals surface area contributed by atoms with E-state index in [0.29, 0.717) is 6.61 Å². The average molecular weight is 300 g/mol. The molecule has 0 radical (unpaired) electrons. The normalized spacial score (nSPS) is 10.9. The number of rotatable bonds is 7. The predicted molar refractivity (Wildman–Crippen MR) is 81.2 cm³/mol. The number of para-hydroxylation sites is 1. The van der Waals surface area contributed by atoms with E-state index in [1.165, 1.54) is 0 Å². The first-order chi connectivity index (χ1) is 9.51. The summed E-state index contributed by atoms with van der Waals surface area (Å²) in [6.07, 6.45) is 0.0375. The molecule has 0 N–H and O–H groups in total. The van der Waals surface area contributed by atoms with Crippen LogP contribution in [-0.4, -0.2) is 31.7 Å². The molecule has 5 heteroatoms. The van der Waals surface area contributed by atoms with Gasteiger partial charge in [0.15, 0.2) is 0 Å². The molecule has 20 heavy (non-hydrogen) atoms.